The Hall–Kier alpha value is -0.0800. The van der Waals surface area contributed by atoms with Crippen molar-refractivity contribution < 1.29 is 5.11 Å². The van der Waals surface area contributed by atoms with Gasteiger partial charge in [0.2, 0.25) is 0 Å². The molecule has 1 fully saturated rings. The van der Waals surface area contributed by atoms with Crippen LogP contribution in [-0.2, 0) is 0 Å². The SMILES string of the molecule is CCCCCCCCCCCCC1(CO)CCCNC1. The summed E-state index contributed by atoms with van der Waals surface area (Å²) in [4.78, 5) is 0. The number of aliphatic hydroxyl groups excluding tert-OH is 1. The number of hydrogen-bond acceptors (Lipinski definition) is 2. The number of aliphatic hydroxyl groups is 1. The zero-order valence-electron chi connectivity index (χ0n) is 13.8. The van der Waals surface area contributed by atoms with E-state index in [1.165, 1.54) is 83.5 Å². The van der Waals surface area contributed by atoms with E-state index in [1.807, 2.05) is 0 Å². The molecule has 120 valence electrons. The van der Waals surface area contributed by atoms with E-state index in [4.69, 9.17) is 0 Å². The minimum absolute atomic E-state index is 0.207. The predicted molar refractivity (Wildman–Crippen MR) is 88.1 cm³/mol. The predicted octanol–water partition coefficient (Wildman–Crippen LogP) is 4.66. The lowest BCUT2D eigenvalue weighted by Crippen LogP contribution is -2.42. The van der Waals surface area contributed by atoms with Crippen LogP contribution in [0.2, 0.25) is 0 Å². The molecule has 1 saturated heterocycles. The second-order valence-electron chi connectivity index (χ2n) is 6.87. The highest BCUT2D eigenvalue weighted by Gasteiger charge is 2.30. The summed E-state index contributed by atoms with van der Waals surface area (Å²) in [5.41, 5.74) is 0.207. The zero-order chi connectivity index (χ0) is 14.5. The molecule has 0 aromatic rings. The van der Waals surface area contributed by atoms with Crippen LogP contribution in [0.5, 0.6) is 0 Å². The van der Waals surface area contributed by atoms with Crippen molar-refractivity contribution in [1.29, 1.82) is 0 Å². The Labute approximate surface area is 126 Å². The molecular weight excluding hydrogens is 246 g/mol. The maximum absolute atomic E-state index is 9.65. The summed E-state index contributed by atoms with van der Waals surface area (Å²) in [6.45, 7) is 4.82. The van der Waals surface area contributed by atoms with E-state index < -0.39 is 0 Å². The van der Waals surface area contributed by atoms with Crippen molar-refractivity contribution in [2.75, 3.05) is 19.7 Å². The van der Waals surface area contributed by atoms with E-state index >= 15 is 0 Å². The monoisotopic (exact) mass is 283 g/mol. The second kappa shape index (κ2) is 11.6. The highest BCUT2D eigenvalue weighted by Crippen LogP contribution is 2.31. The summed E-state index contributed by atoms with van der Waals surface area (Å²) in [6, 6.07) is 0. The van der Waals surface area contributed by atoms with Crippen LogP contribution in [0.25, 0.3) is 0 Å². The minimum Gasteiger partial charge on any atom is -0.396 e. The van der Waals surface area contributed by atoms with E-state index in [9.17, 15) is 5.11 Å². The summed E-state index contributed by atoms with van der Waals surface area (Å²) < 4.78 is 0. The molecule has 1 aliphatic heterocycles. The first-order valence-corrected chi connectivity index (χ1v) is 9.14. The molecule has 2 heteroatoms. The summed E-state index contributed by atoms with van der Waals surface area (Å²) in [5.74, 6) is 0. The van der Waals surface area contributed by atoms with Gasteiger partial charge in [0.15, 0.2) is 0 Å². The smallest absolute Gasteiger partial charge is 0.0499 e. The van der Waals surface area contributed by atoms with Gasteiger partial charge in [-0.25, -0.2) is 0 Å². The molecule has 2 nitrogen and oxygen atoms in total. The molecule has 0 amide bonds. The van der Waals surface area contributed by atoms with Gasteiger partial charge >= 0.3 is 0 Å². The van der Waals surface area contributed by atoms with Crippen molar-refractivity contribution >= 4 is 0 Å². The molecule has 1 atom stereocenters. The highest BCUT2D eigenvalue weighted by atomic mass is 16.3. The van der Waals surface area contributed by atoms with Crippen LogP contribution in [0.15, 0.2) is 0 Å². The van der Waals surface area contributed by atoms with Gasteiger partial charge in [-0.3, -0.25) is 0 Å². The standard InChI is InChI=1S/C18H37NO/c1-2-3-4-5-6-7-8-9-10-11-13-18(17-20)14-12-15-19-16-18/h19-20H,2-17H2,1H3. The van der Waals surface area contributed by atoms with Crippen molar-refractivity contribution in [2.24, 2.45) is 5.41 Å². The highest BCUT2D eigenvalue weighted by molar-refractivity contribution is 4.84. The first-order valence-electron chi connectivity index (χ1n) is 9.14. The molecule has 1 rings (SSSR count). The lowest BCUT2D eigenvalue weighted by molar-refractivity contribution is 0.0830. The number of nitrogens with one attached hydrogen (secondary N) is 1. The summed E-state index contributed by atoms with van der Waals surface area (Å²) in [7, 11) is 0. The maximum atomic E-state index is 9.65. The van der Waals surface area contributed by atoms with Gasteiger partial charge < -0.3 is 10.4 Å². The van der Waals surface area contributed by atoms with Crippen LogP contribution in [-0.4, -0.2) is 24.8 Å². The summed E-state index contributed by atoms with van der Waals surface area (Å²) in [6.07, 6.45) is 17.6. The third-order valence-electron chi connectivity index (χ3n) is 4.96. The van der Waals surface area contributed by atoms with Crippen LogP contribution >= 0.6 is 0 Å². The van der Waals surface area contributed by atoms with Crippen LogP contribution in [0.1, 0.15) is 90.4 Å². The molecule has 0 spiro atoms. The zero-order valence-corrected chi connectivity index (χ0v) is 13.8. The average molecular weight is 283 g/mol. The minimum atomic E-state index is 0.207. The van der Waals surface area contributed by atoms with Gasteiger partial charge in [-0.05, 0) is 25.8 Å². The first kappa shape index (κ1) is 18.0. The molecule has 2 N–H and O–H groups in total. The third kappa shape index (κ3) is 7.64. The average Bonchev–Trinajstić information content (AvgIpc) is 2.50. The van der Waals surface area contributed by atoms with E-state index in [-0.39, 0.29) is 5.41 Å². The van der Waals surface area contributed by atoms with Gasteiger partial charge in [-0.1, -0.05) is 71.1 Å². The Morgan fingerprint density at radius 1 is 0.900 bits per heavy atom. The van der Waals surface area contributed by atoms with Gasteiger partial charge in [0.25, 0.3) is 0 Å². The van der Waals surface area contributed by atoms with Crippen LogP contribution in [0.4, 0.5) is 0 Å². The van der Waals surface area contributed by atoms with Crippen molar-refractivity contribution in [3.8, 4) is 0 Å². The molecule has 0 saturated carbocycles. The fourth-order valence-electron chi connectivity index (χ4n) is 3.45. The molecule has 20 heavy (non-hydrogen) atoms. The fraction of sp³-hybridized carbons (Fsp3) is 1.00. The van der Waals surface area contributed by atoms with Gasteiger partial charge in [0, 0.05) is 18.6 Å². The lowest BCUT2D eigenvalue weighted by Gasteiger charge is -2.36. The van der Waals surface area contributed by atoms with Gasteiger partial charge in [-0.15, -0.1) is 0 Å². The maximum Gasteiger partial charge on any atom is 0.0499 e. The lowest BCUT2D eigenvalue weighted by atomic mass is 9.77. The van der Waals surface area contributed by atoms with E-state index in [0.29, 0.717) is 6.61 Å². The van der Waals surface area contributed by atoms with Crippen LogP contribution in [0.3, 0.4) is 0 Å². The van der Waals surface area contributed by atoms with E-state index in [0.717, 1.165) is 13.1 Å². The van der Waals surface area contributed by atoms with E-state index in [2.05, 4.69) is 12.2 Å². The summed E-state index contributed by atoms with van der Waals surface area (Å²) >= 11 is 0. The topological polar surface area (TPSA) is 32.3 Å². The molecule has 0 radical (unpaired) electrons. The number of unbranched alkanes of at least 4 members (excludes halogenated alkanes) is 9. The Kier molecular flexibility index (Phi) is 10.4. The van der Waals surface area contributed by atoms with Gasteiger partial charge in [0.05, 0.1) is 0 Å². The number of rotatable bonds is 12. The Morgan fingerprint density at radius 3 is 2.00 bits per heavy atom. The fourth-order valence-corrected chi connectivity index (χ4v) is 3.45. The van der Waals surface area contributed by atoms with Gasteiger partial charge in [0.1, 0.15) is 0 Å². The van der Waals surface area contributed by atoms with Crippen molar-refractivity contribution in [1.82, 2.24) is 5.32 Å². The Bertz CT molecular complexity index is 211. The third-order valence-corrected chi connectivity index (χ3v) is 4.96. The summed E-state index contributed by atoms with van der Waals surface area (Å²) in [5, 5.41) is 13.1. The molecular formula is C18H37NO. The molecule has 0 aromatic carbocycles. The molecule has 0 bridgehead atoms. The Morgan fingerprint density at radius 2 is 1.50 bits per heavy atom. The van der Waals surface area contributed by atoms with Crippen LogP contribution in [0, 0.1) is 5.41 Å². The normalized spacial score (nSPS) is 23.1. The second-order valence-corrected chi connectivity index (χ2v) is 6.87. The molecule has 1 aliphatic rings. The molecule has 1 heterocycles. The van der Waals surface area contributed by atoms with Gasteiger partial charge in [-0.2, -0.15) is 0 Å². The number of hydrogen-bond donors (Lipinski definition) is 2. The largest absolute Gasteiger partial charge is 0.396 e. The van der Waals surface area contributed by atoms with Crippen molar-refractivity contribution in [2.45, 2.75) is 90.4 Å². The van der Waals surface area contributed by atoms with Crippen molar-refractivity contribution in [3.63, 3.8) is 0 Å². The number of piperidine rings is 1. The first-order chi connectivity index (χ1) is 9.83. The van der Waals surface area contributed by atoms with Crippen molar-refractivity contribution in [3.05, 3.63) is 0 Å². The molecule has 0 aliphatic carbocycles. The molecule has 0 aromatic heterocycles. The van der Waals surface area contributed by atoms with Crippen LogP contribution < -0.4 is 5.32 Å². The Balaban J connectivity index is 1.91. The quantitative estimate of drug-likeness (QED) is 0.511. The van der Waals surface area contributed by atoms with E-state index in [1.54, 1.807) is 0 Å². The molecule has 1 unspecified atom stereocenters.